The number of benzene rings is 2. The van der Waals surface area contributed by atoms with E-state index < -0.39 is 27.5 Å². The summed E-state index contributed by atoms with van der Waals surface area (Å²) in [4.78, 5) is 23.7. The Bertz CT molecular complexity index is 887. The van der Waals surface area contributed by atoms with Gasteiger partial charge in [0.1, 0.15) is 0 Å². The summed E-state index contributed by atoms with van der Waals surface area (Å²) < 4.78 is 34.8. The van der Waals surface area contributed by atoms with Crippen LogP contribution in [0.4, 0.5) is 0 Å². The molecule has 0 heterocycles. The van der Waals surface area contributed by atoms with Crippen molar-refractivity contribution < 1.29 is 26.9 Å². The van der Waals surface area contributed by atoms with Crippen molar-refractivity contribution in [2.24, 2.45) is 0 Å². The first-order valence-corrected chi connectivity index (χ1v) is 8.74. The van der Waals surface area contributed by atoms with Gasteiger partial charge in [-0.3, -0.25) is 4.79 Å². The van der Waals surface area contributed by atoms with Gasteiger partial charge in [-0.15, -0.1) is 0 Å². The van der Waals surface area contributed by atoms with Crippen molar-refractivity contribution in [2.75, 3.05) is 6.61 Å². The molecule has 0 aliphatic carbocycles. The van der Waals surface area contributed by atoms with E-state index in [-0.39, 0.29) is 11.5 Å². The van der Waals surface area contributed by atoms with Crippen LogP contribution in [0.1, 0.15) is 20.8 Å². The quantitative estimate of drug-likeness (QED) is 0.452. The number of fused-ring (bicyclic) bond motifs is 1. The molecule has 2 aromatic rings. The molecule has 0 radical (unpaired) electrons. The molecular weight excluding hydrogens is 332 g/mol. The maximum absolute atomic E-state index is 12.5. The van der Waals surface area contributed by atoms with Crippen LogP contribution in [-0.4, -0.2) is 32.4 Å². The van der Waals surface area contributed by atoms with Crippen LogP contribution >= 0.6 is 0 Å². The predicted molar refractivity (Wildman–Crippen MR) is 87.9 cm³/mol. The molecule has 0 spiro atoms. The highest BCUT2D eigenvalue weighted by Gasteiger charge is 2.46. The van der Waals surface area contributed by atoms with E-state index in [1.807, 2.05) is 12.1 Å². The van der Waals surface area contributed by atoms with Gasteiger partial charge in [0.2, 0.25) is 5.60 Å². The van der Waals surface area contributed by atoms with Crippen molar-refractivity contribution in [1.82, 2.24) is 0 Å². The van der Waals surface area contributed by atoms with E-state index in [4.69, 9.17) is 8.92 Å². The van der Waals surface area contributed by atoms with E-state index >= 15 is 0 Å². The lowest BCUT2D eigenvalue weighted by atomic mass is 10.0. The first-order valence-electron chi connectivity index (χ1n) is 7.33. The van der Waals surface area contributed by atoms with Gasteiger partial charge in [-0.1, -0.05) is 30.3 Å². The fourth-order valence-corrected chi connectivity index (χ4v) is 3.32. The van der Waals surface area contributed by atoms with Crippen LogP contribution in [0.25, 0.3) is 10.8 Å². The molecular formula is C17H18O6S. The average Bonchev–Trinajstić information content (AvgIpc) is 2.54. The Morgan fingerprint density at radius 3 is 2.29 bits per heavy atom. The van der Waals surface area contributed by atoms with Crippen molar-refractivity contribution in [3.8, 4) is 0 Å². The molecule has 2 aromatic carbocycles. The van der Waals surface area contributed by atoms with Crippen molar-refractivity contribution >= 4 is 32.6 Å². The smallest absolute Gasteiger partial charge is 0.347 e. The number of esters is 1. The lowest BCUT2D eigenvalue weighted by Gasteiger charge is -2.23. The number of carbonyl (C=O) groups is 2. The molecule has 1 unspecified atom stereocenters. The topological polar surface area (TPSA) is 86.7 Å². The molecule has 6 nitrogen and oxygen atoms in total. The molecule has 0 aliphatic rings. The summed E-state index contributed by atoms with van der Waals surface area (Å²) in [6, 6.07) is 11.6. The lowest BCUT2D eigenvalue weighted by Crippen LogP contribution is -2.47. The van der Waals surface area contributed by atoms with Crippen molar-refractivity contribution in [3.05, 3.63) is 42.5 Å². The monoisotopic (exact) mass is 350 g/mol. The maximum Gasteiger partial charge on any atom is 0.347 e. The minimum atomic E-state index is -4.34. The zero-order chi connectivity index (χ0) is 18.0. The minimum absolute atomic E-state index is 0.00108. The first-order chi connectivity index (χ1) is 11.2. The Balaban J connectivity index is 2.43. The van der Waals surface area contributed by atoms with Crippen LogP contribution in [0.3, 0.4) is 0 Å². The van der Waals surface area contributed by atoms with Crippen LogP contribution in [-0.2, 0) is 28.6 Å². The molecule has 0 bridgehead atoms. The second kappa shape index (κ2) is 6.70. The van der Waals surface area contributed by atoms with Gasteiger partial charge < -0.3 is 4.74 Å². The Morgan fingerprint density at radius 1 is 1.08 bits per heavy atom. The van der Waals surface area contributed by atoms with Gasteiger partial charge in [0.05, 0.1) is 11.5 Å². The third-order valence-corrected chi connectivity index (χ3v) is 5.01. The SMILES string of the molecule is CCOC(=O)C(C)(OS(=O)(=O)c1ccc2ccccc2c1)C(C)=O. The van der Waals surface area contributed by atoms with Gasteiger partial charge in [0.15, 0.2) is 5.78 Å². The maximum atomic E-state index is 12.5. The Morgan fingerprint density at radius 2 is 1.71 bits per heavy atom. The molecule has 0 N–H and O–H groups in total. The second-order valence-electron chi connectivity index (χ2n) is 5.36. The zero-order valence-electron chi connectivity index (χ0n) is 13.6. The summed E-state index contributed by atoms with van der Waals surface area (Å²) in [5.74, 6) is -1.80. The summed E-state index contributed by atoms with van der Waals surface area (Å²) in [6.07, 6.45) is 0. The summed E-state index contributed by atoms with van der Waals surface area (Å²) >= 11 is 0. The molecule has 128 valence electrons. The molecule has 0 aliphatic heterocycles. The first kappa shape index (κ1) is 18.1. The molecule has 0 fully saturated rings. The summed E-state index contributed by atoms with van der Waals surface area (Å²) in [5, 5.41) is 1.55. The Hall–Kier alpha value is -2.25. The second-order valence-corrected chi connectivity index (χ2v) is 6.90. The van der Waals surface area contributed by atoms with Gasteiger partial charge in [-0.2, -0.15) is 8.42 Å². The van der Waals surface area contributed by atoms with Crippen LogP contribution in [0, 0.1) is 0 Å². The van der Waals surface area contributed by atoms with E-state index in [2.05, 4.69) is 0 Å². The van der Waals surface area contributed by atoms with Gasteiger partial charge >= 0.3 is 5.97 Å². The highest BCUT2D eigenvalue weighted by Crippen LogP contribution is 2.25. The van der Waals surface area contributed by atoms with E-state index in [1.54, 1.807) is 25.1 Å². The average molecular weight is 350 g/mol. The van der Waals surface area contributed by atoms with Crippen LogP contribution in [0.15, 0.2) is 47.4 Å². The summed E-state index contributed by atoms with van der Waals surface area (Å²) in [6.45, 7) is 3.72. The van der Waals surface area contributed by atoms with Gasteiger partial charge in [-0.25, -0.2) is 8.98 Å². The number of ketones is 1. The Labute approximate surface area is 140 Å². The van der Waals surface area contributed by atoms with Crippen LogP contribution in [0.2, 0.25) is 0 Å². The molecule has 0 saturated heterocycles. The van der Waals surface area contributed by atoms with Gasteiger partial charge in [0.25, 0.3) is 10.1 Å². The van der Waals surface area contributed by atoms with E-state index in [1.165, 1.54) is 12.1 Å². The predicted octanol–water partition coefficient (Wildman–Crippen LogP) is 2.46. The third-order valence-electron chi connectivity index (χ3n) is 3.62. The molecule has 24 heavy (non-hydrogen) atoms. The lowest BCUT2D eigenvalue weighted by molar-refractivity contribution is -0.164. The van der Waals surface area contributed by atoms with Crippen molar-refractivity contribution in [1.29, 1.82) is 0 Å². The number of rotatable bonds is 6. The number of hydrogen-bond acceptors (Lipinski definition) is 6. The highest BCUT2D eigenvalue weighted by atomic mass is 32.2. The standard InChI is InChI=1S/C17H18O6S/c1-4-22-16(19)17(3,12(2)18)23-24(20,21)15-10-9-13-7-5-6-8-14(13)11-15/h5-11H,4H2,1-3H3. The normalized spacial score (nSPS) is 14.1. The van der Waals surface area contributed by atoms with Crippen molar-refractivity contribution in [2.45, 2.75) is 31.3 Å². The molecule has 0 saturated carbocycles. The molecule has 0 aromatic heterocycles. The highest BCUT2D eigenvalue weighted by molar-refractivity contribution is 7.86. The fraction of sp³-hybridized carbons (Fsp3) is 0.294. The molecule has 0 amide bonds. The fourth-order valence-electron chi connectivity index (χ4n) is 2.10. The van der Waals surface area contributed by atoms with Crippen LogP contribution in [0.5, 0.6) is 0 Å². The number of ether oxygens (including phenoxy) is 1. The summed E-state index contributed by atoms with van der Waals surface area (Å²) in [5.41, 5.74) is -2.22. The van der Waals surface area contributed by atoms with Crippen LogP contribution < -0.4 is 0 Å². The largest absolute Gasteiger partial charge is 0.463 e. The van der Waals surface area contributed by atoms with Crippen molar-refractivity contribution in [3.63, 3.8) is 0 Å². The number of Topliss-reactive ketones (excluding diaryl/α,β-unsaturated/α-hetero) is 1. The molecule has 2 rings (SSSR count). The number of carbonyl (C=O) groups excluding carboxylic acids is 2. The van der Waals surface area contributed by atoms with Gasteiger partial charge in [0, 0.05) is 0 Å². The Kier molecular flexibility index (Phi) is 5.05. The molecule has 1 atom stereocenters. The number of hydrogen-bond donors (Lipinski definition) is 0. The third kappa shape index (κ3) is 3.47. The zero-order valence-corrected chi connectivity index (χ0v) is 14.4. The van der Waals surface area contributed by atoms with E-state index in [0.717, 1.165) is 19.2 Å². The summed E-state index contributed by atoms with van der Waals surface area (Å²) in [7, 11) is -4.34. The van der Waals surface area contributed by atoms with E-state index in [0.29, 0.717) is 5.39 Å². The van der Waals surface area contributed by atoms with E-state index in [9.17, 15) is 18.0 Å². The van der Waals surface area contributed by atoms with Gasteiger partial charge in [-0.05, 0) is 43.7 Å². The molecule has 7 heteroatoms. The minimum Gasteiger partial charge on any atom is -0.463 e.